The second kappa shape index (κ2) is 8.57. The maximum atomic E-state index is 12.1. The van der Waals surface area contributed by atoms with Crippen LogP contribution in [0.15, 0.2) is 41.3 Å². The molecule has 0 radical (unpaired) electrons. The minimum absolute atomic E-state index is 0.0115. The van der Waals surface area contributed by atoms with Crippen molar-refractivity contribution in [1.29, 1.82) is 5.26 Å². The molecule has 0 bridgehead atoms. The van der Waals surface area contributed by atoms with Gasteiger partial charge in [0.05, 0.1) is 35.5 Å². The number of sulfone groups is 1. The van der Waals surface area contributed by atoms with E-state index in [1.807, 2.05) is 13.0 Å². The maximum Gasteiger partial charge on any atom is 0.179 e. The summed E-state index contributed by atoms with van der Waals surface area (Å²) in [6.45, 7) is 7.56. The van der Waals surface area contributed by atoms with Crippen LogP contribution < -0.4 is 5.32 Å². The Balaban J connectivity index is 2.36. The van der Waals surface area contributed by atoms with Crippen LogP contribution in [0.25, 0.3) is 0 Å². The number of benzene rings is 1. The van der Waals surface area contributed by atoms with Crippen molar-refractivity contribution in [1.82, 2.24) is 5.32 Å². The van der Waals surface area contributed by atoms with E-state index in [4.69, 9.17) is 10.00 Å². The lowest BCUT2D eigenvalue weighted by molar-refractivity contribution is 0.158. The Labute approximate surface area is 126 Å². The summed E-state index contributed by atoms with van der Waals surface area (Å²) in [6.07, 6.45) is 0. The highest BCUT2D eigenvalue weighted by atomic mass is 32.2. The summed E-state index contributed by atoms with van der Waals surface area (Å²) in [7, 11) is -3.37. The van der Waals surface area contributed by atoms with Gasteiger partial charge in [0.25, 0.3) is 0 Å². The Morgan fingerprint density at radius 2 is 2.19 bits per heavy atom. The Hall–Kier alpha value is -1.68. The molecule has 0 saturated carbocycles. The molecule has 0 unspecified atom stereocenters. The van der Waals surface area contributed by atoms with Crippen LogP contribution in [0.4, 0.5) is 0 Å². The van der Waals surface area contributed by atoms with Crippen molar-refractivity contribution in [2.45, 2.75) is 11.8 Å². The van der Waals surface area contributed by atoms with Gasteiger partial charge < -0.3 is 10.1 Å². The normalized spacial score (nSPS) is 11.0. The van der Waals surface area contributed by atoms with E-state index in [2.05, 4.69) is 11.9 Å². The van der Waals surface area contributed by atoms with E-state index in [0.29, 0.717) is 31.9 Å². The summed E-state index contributed by atoms with van der Waals surface area (Å²) in [5, 5.41) is 11.8. The van der Waals surface area contributed by atoms with Crippen LogP contribution in [0.2, 0.25) is 0 Å². The zero-order valence-electron chi connectivity index (χ0n) is 12.1. The summed E-state index contributed by atoms with van der Waals surface area (Å²) in [6, 6.07) is 7.99. The number of nitriles is 1. The third-order valence-corrected chi connectivity index (χ3v) is 4.36. The van der Waals surface area contributed by atoms with Gasteiger partial charge in [-0.15, -0.1) is 0 Å². The lowest BCUT2D eigenvalue weighted by Gasteiger charge is -2.07. The number of nitrogens with one attached hydrogen (secondary N) is 1. The van der Waals surface area contributed by atoms with Gasteiger partial charge in [-0.3, -0.25) is 0 Å². The summed E-state index contributed by atoms with van der Waals surface area (Å²) < 4.78 is 29.5. The molecule has 0 aliphatic rings. The van der Waals surface area contributed by atoms with Crippen LogP contribution in [0, 0.1) is 11.3 Å². The number of hydrogen-bond acceptors (Lipinski definition) is 5. The fraction of sp³-hybridized carbons (Fsp3) is 0.400. The third kappa shape index (κ3) is 6.54. The lowest BCUT2D eigenvalue weighted by Crippen LogP contribution is -2.26. The summed E-state index contributed by atoms with van der Waals surface area (Å²) in [4.78, 5) is 0.182. The highest BCUT2D eigenvalue weighted by Crippen LogP contribution is 2.12. The molecule has 114 valence electrons. The number of rotatable bonds is 9. The van der Waals surface area contributed by atoms with Crippen LogP contribution in [0.3, 0.4) is 0 Å². The first-order valence-electron chi connectivity index (χ1n) is 6.61. The molecule has 0 aromatic heterocycles. The van der Waals surface area contributed by atoms with E-state index in [1.54, 1.807) is 12.1 Å². The molecule has 1 aromatic carbocycles. The number of ether oxygens (including phenoxy) is 1. The molecule has 0 aliphatic heterocycles. The maximum absolute atomic E-state index is 12.1. The molecule has 0 saturated heterocycles. The molecular weight excluding hydrogens is 288 g/mol. The Kier molecular flexibility index (Phi) is 7.09. The Morgan fingerprint density at radius 1 is 1.43 bits per heavy atom. The first-order chi connectivity index (χ1) is 9.95. The molecule has 1 rings (SSSR count). The van der Waals surface area contributed by atoms with Crippen LogP contribution in [0.1, 0.15) is 12.5 Å². The molecule has 1 N–H and O–H groups in total. The van der Waals surface area contributed by atoms with Crippen LogP contribution in [-0.4, -0.2) is 40.5 Å². The molecule has 0 spiro atoms. The highest BCUT2D eigenvalue weighted by Gasteiger charge is 2.14. The molecule has 0 atom stereocenters. The van der Waals surface area contributed by atoms with Gasteiger partial charge in [-0.25, -0.2) is 8.42 Å². The Bertz CT molecular complexity index is 618. The minimum Gasteiger partial charge on any atom is -0.376 e. The predicted octanol–water partition coefficient (Wildman–Crippen LogP) is 1.51. The third-order valence-electron chi connectivity index (χ3n) is 2.64. The molecule has 6 heteroatoms. The van der Waals surface area contributed by atoms with Gasteiger partial charge in [-0.2, -0.15) is 5.26 Å². The van der Waals surface area contributed by atoms with Crippen molar-refractivity contribution < 1.29 is 13.2 Å². The molecule has 0 amide bonds. The van der Waals surface area contributed by atoms with Crippen molar-refractivity contribution in [3.8, 4) is 6.07 Å². The zero-order chi connectivity index (χ0) is 15.7. The van der Waals surface area contributed by atoms with Gasteiger partial charge in [0.15, 0.2) is 9.84 Å². The lowest BCUT2D eigenvalue weighted by atomic mass is 10.2. The van der Waals surface area contributed by atoms with Crippen LogP contribution in [0.5, 0.6) is 0 Å². The van der Waals surface area contributed by atoms with Gasteiger partial charge in [0.1, 0.15) is 0 Å². The topological polar surface area (TPSA) is 79.2 Å². The summed E-state index contributed by atoms with van der Waals surface area (Å²) in [5.41, 5.74) is 1.30. The first-order valence-corrected chi connectivity index (χ1v) is 8.26. The van der Waals surface area contributed by atoms with Crippen LogP contribution >= 0.6 is 0 Å². The van der Waals surface area contributed by atoms with E-state index in [0.717, 1.165) is 5.57 Å². The zero-order valence-corrected chi connectivity index (χ0v) is 12.9. The number of nitrogens with zero attached hydrogens (tertiary/aromatic N) is 1. The van der Waals surface area contributed by atoms with E-state index in [9.17, 15) is 8.42 Å². The fourth-order valence-corrected chi connectivity index (χ4v) is 2.84. The highest BCUT2D eigenvalue weighted by molar-refractivity contribution is 7.91. The van der Waals surface area contributed by atoms with Crippen molar-refractivity contribution in [2.24, 2.45) is 0 Å². The second-order valence-corrected chi connectivity index (χ2v) is 6.83. The molecule has 0 fully saturated rings. The quantitative estimate of drug-likeness (QED) is 0.552. The second-order valence-electron chi connectivity index (χ2n) is 4.72. The van der Waals surface area contributed by atoms with E-state index < -0.39 is 9.84 Å². The SMILES string of the molecule is C=C(C)COCCNCCS(=O)(=O)c1cccc(C#N)c1. The average Bonchev–Trinajstić information content (AvgIpc) is 2.46. The van der Waals surface area contributed by atoms with Gasteiger partial charge >= 0.3 is 0 Å². The van der Waals surface area contributed by atoms with Crippen molar-refractivity contribution in [2.75, 3.05) is 32.1 Å². The average molecular weight is 308 g/mol. The standard InChI is InChI=1S/C15H20N2O3S/c1-13(2)12-20-8-6-17-7-9-21(18,19)15-5-3-4-14(10-15)11-16/h3-5,10,17H,1,6-9,12H2,2H3. The van der Waals surface area contributed by atoms with Gasteiger partial charge in [-0.05, 0) is 25.1 Å². The van der Waals surface area contributed by atoms with E-state index in [-0.39, 0.29) is 10.6 Å². The monoisotopic (exact) mass is 308 g/mol. The molecule has 21 heavy (non-hydrogen) atoms. The minimum atomic E-state index is -3.37. The van der Waals surface area contributed by atoms with Gasteiger partial charge in [-0.1, -0.05) is 18.2 Å². The fourth-order valence-electron chi connectivity index (χ4n) is 1.60. The van der Waals surface area contributed by atoms with Crippen LogP contribution in [-0.2, 0) is 14.6 Å². The van der Waals surface area contributed by atoms with E-state index in [1.165, 1.54) is 12.1 Å². The summed E-state index contributed by atoms with van der Waals surface area (Å²) >= 11 is 0. The predicted molar refractivity (Wildman–Crippen MR) is 81.7 cm³/mol. The Morgan fingerprint density at radius 3 is 2.86 bits per heavy atom. The van der Waals surface area contributed by atoms with Gasteiger partial charge in [0.2, 0.25) is 0 Å². The van der Waals surface area contributed by atoms with Crippen molar-refractivity contribution >= 4 is 9.84 Å². The van der Waals surface area contributed by atoms with Crippen molar-refractivity contribution in [3.05, 3.63) is 42.0 Å². The smallest absolute Gasteiger partial charge is 0.179 e. The van der Waals surface area contributed by atoms with Crippen molar-refractivity contribution in [3.63, 3.8) is 0 Å². The molecule has 5 nitrogen and oxygen atoms in total. The molecule has 0 heterocycles. The largest absolute Gasteiger partial charge is 0.376 e. The van der Waals surface area contributed by atoms with Gasteiger partial charge in [0, 0.05) is 13.1 Å². The summed E-state index contributed by atoms with van der Waals surface area (Å²) in [5.74, 6) is -0.0115. The molecule has 1 aromatic rings. The molecule has 0 aliphatic carbocycles. The molecular formula is C15H20N2O3S. The first kappa shape index (κ1) is 17.4. The van der Waals surface area contributed by atoms with E-state index >= 15 is 0 Å². The number of hydrogen-bond donors (Lipinski definition) is 1.